The van der Waals surface area contributed by atoms with Crippen LogP contribution in [0.25, 0.3) is 0 Å². The molecule has 0 fully saturated rings. The Balaban J connectivity index is 2.84. The Bertz CT molecular complexity index is 456. The van der Waals surface area contributed by atoms with Gasteiger partial charge in [-0.3, -0.25) is 14.7 Å². The van der Waals surface area contributed by atoms with Gasteiger partial charge in [-0.2, -0.15) is 0 Å². The molecule has 0 radical (unpaired) electrons. The Labute approximate surface area is 129 Å². The summed E-state index contributed by atoms with van der Waals surface area (Å²) >= 11 is 0. The molecule has 1 aromatic rings. The van der Waals surface area contributed by atoms with E-state index in [0.29, 0.717) is 0 Å². The zero-order valence-corrected chi connectivity index (χ0v) is 14.3. The lowest BCUT2D eigenvalue weighted by Crippen LogP contribution is -2.43. The van der Waals surface area contributed by atoms with E-state index in [1.165, 1.54) is 0 Å². The number of hydrogen-bond donors (Lipinski definition) is 1. The number of nitrogens with one attached hydrogen (secondary N) is 1. The summed E-state index contributed by atoms with van der Waals surface area (Å²) in [6.07, 6.45) is 2.11. The summed E-state index contributed by atoms with van der Waals surface area (Å²) in [4.78, 5) is 19.2. The minimum atomic E-state index is -0.120. The number of aryl methyl sites for hydroxylation is 3. The number of hydrogen-bond acceptors (Lipinski definition) is 3. The summed E-state index contributed by atoms with van der Waals surface area (Å²) in [5.41, 5.74) is 3.78. The minimum absolute atomic E-state index is 0.0498. The van der Waals surface area contributed by atoms with Crippen molar-refractivity contribution >= 4 is 11.6 Å². The van der Waals surface area contributed by atoms with Crippen molar-refractivity contribution in [3.8, 4) is 0 Å². The molecule has 0 aliphatic carbocycles. The molecular weight excluding hydrogens is 262 g/mol. The second-order valence-electron chi connectivity index (χ2n) is 5.74. The Morgan fingerprint density at radius 1 is 1.24 bits per heavy atom. The predicted molar refractivity (Wildman–Crippen MR) is 88.7 cm³/mol. The number of aromatic nitrogens is 1. The molecule has 4 nitrogen and oxygen atoms in total. The van der Waals surface area contributed by atoms with Crippen molar-refractivity contribution in [2.45, 2.75) is 60.4 Å². The van der Waals surface area contributed by atoms with Crippen molar-refractivity contribution in [3.63, 3.8) is 0 Å². The smallest absolute Gasteiger partial charge is 0.241 e. The molecule has 0 aliphatic rings. The highest BCUT2D eigenvalue weighted by molar-refractivity contribution is 5.95. The fourth-order valence-electron chi connectivity index (χ4n) is 2.68. The van der Waals surface area contributed by atoms with Gasteiger partial charge in [-0.15, -0.1) is 0 Å². The summed E-state index contributed by atoms with van der Waals surface area (Å²) < 4.78 is 0. The highest BCUT2D eigenvalue weighted by atomic mass is 16.2. The molecule has 1 aromatic heterocycles. The minimum Gasteiger partial charge on any atom is -0.323 e. The van der Waals surface area contributed by atoms with E-state index in [0.717, 1.165) is 48.6 Å². The van der Waals surface area contributed by atoms with Gasteiger partial charge in [0.1, 0.15) is 0 Å². The number of carbonyl (C=O) groups is 1. The molecule has 0 spiro atoms. The summed E-state index contributed by atoms with van der Waals surface area (Å²) in [6.45, 7) is 14.1. The van der Waals surface area contributed by atoms with Crippen LogP contribution in [0.1, 0.15) is 50.6 Å². The Kier molecular flexibility index (Phi) is 6.82. The van der Waals surface area contributed by atoms with E-state index >= 15 is 0 Å². The molecule has 1 N–H and O–H groups in total. The van der Waals surface area contributed by atoms with Crippen molar-refractivity contribution in [3.05, 3.63) is 23.0 Å². The van der Waals surface area contributed by atoms with Crippen LogP contribution in [0.5, 0.6) is 0 Å². The Morgan fingerprint density at radius 2 is 1.81 bits per heavy atom. The van der Waals surface area contributed by atoms with E-state index in [4.69, 9.17) is 0 Å². The normalized spacial score (nSPS) is 12.5. The molecule has 1 heterocycles. The van der Waals surface area contributed by atoms with E-state index in [9.17, 15) is 4.79 Å². The van der Waals surface area contributed by atoms with Gasteiger partial charge in [0, 0.05) is 5.69 Å². The van der Waals surface area contributed by atoms with Crippen LogP contribution in [0.4, 0.5) is 5.69 Å². The van der Waals surface area contributed by atoms with Crippen molar-refractivity contribution in [1.29, 1.82) is 0 Å². The van der Waals surface area contributed by atoms with Crippen molar-refractivity contribution in [2.24, 2.45) is 0 Å². The largest absolute Gasteiger partial charge is 0.323 e. The topological polar surface area (TPSA) is 45.2 Å². The Hall–Kier alpha value is -1.42. The lowest BCUT2D eigenvalue weighted by molar-refractivity contribution is -0.120. The van der Waals surface area contributed by atoms with Gasteiger partial charge in [-0.05, 0) is 65.3 Å². The second-order valence-corrected chi connectivity index (χ2v) is 5.74. The van der Waals surface area contributed by atoms with Gasteiger partial charge in [-0.25, -0.2) is 0 Å². The van der Waals surface area contributed by atoms with Gasteiger partial charge < -0.3 is 5.32 Å². The number of rotatable bonds is 7. The first-order valence-corrected chi connectivity index (χ1v) is 7.90. The predicted octanol–water partition coefficient (Wildman–Crippen LogP) is 3.46. The van der Waals surface area contributed by atoms with Crippen molar-refractivity contribution in [2.75, 3.05) is 18.4 Å². The fourth-order valence-corrected chi connectivity index (χ4v) is 2.68. The number of anilines is 1. The second kappa shape index (κ2) is 8.13. The molecule has 1 atom stereocenters. The molecule has 0 aliphatic heterocycles. The molecule has 21 heavy (non-hydrogen) atoms. The number of amides is 1. The van der Waals surface area contributed by atoms with Crippen LogP contribution in [0.3, 0.4) is 0 Å². The van der Waals surface area contributed by atoms with Gasteiger partial charge in [0.05, 0.1) is 17.4 Å². The van der Waals surface area contributed by atoms with E-state index in [1.54, 1.807) is 0 Å². The van der Waals surface area contributed by atoms with E-state index in [2.05, 4.69) is 29.0 Å². The quantitative estimate of drug-likeness (QED) is 0.837. The lowest BCUT2D eigenvalue weighted by Gasteiger charge is -2.27. The van der Waals surface area contributed by atoms with Gasteiger partial charge in [-0.1, -0.05) is 13.8 Å². The highest BCUT2D eigenvalue weighted by Gasteiger charge is 2.21. The average molecular weight is 291 g/mol. The van der Waals surface area contributed by atoms with E-state index < -0.39 is 0 Å². The third-order valence-corrected chi connectivity index (χ3v) is 3.72. The maximum Gasteiger partial charge on any atom is 0.241 e. The van der Waals surface area contributed by atoms with Crippen LogP contribution in [-0.4, -0.2) is 34.9 Å². The van der Waals surface area contributed by atoms with Crippen LogP contribution >= 0.6 is 0 Å². The van der Waals surface area contributed by atoms with Crippen LogP contribution in [0, 0.1) is 20.8 Å². The molecule has 1 amide bonds. The van der Waals surface area contributed by atoms with Crippen molar-refractivity contribution < 1.29 is 4.79 Å². The fraction of sp³-hybridized carbons (Fsp3) is 0.647. The van der Waals surface area contributed by atoms with Crippen LogP contribution in [0.2, 0.25) is 0 Å². The number of nitrogens with zero attached hydrogens (tertiary/aromatic N) is 2. The molecular formula is C17H29N3O. The molecule has 0 bridgehead atoms. The SMILES string of the molecule is CCCN(CCC)[C@@H](C)C(=O)Nc1c(C)cc(C)nc1C. The zero-order chi connectivity index (χ0) is 16.0. The molecule has 4 heteroatoms. The summed E-state index contributed by atoms with van der Waals surface area (Å²) in [5, 5.41) is 3.06. The third kappa shape index (κ3) is 4.81. The first kappa shape index (κ1) is 17.6. The molecule has 118 valence electrons. The maximum absolute atomic E-state index is 12.5. The average Bonchev–Trinajstić information content (AvgIpc) is 2.41. The van der Waals surface area contributed by atoms with Gasteiger partial charge in [0.2, 0.25) is 5.91 Å². The zero-order valence-electron chi connectivity index (χ0n) is 14.3. The standard InChI is InChI=1S/C17H29N3O/c1-7-9-20(10-8-2)15(6)17(21)19-16-12(3)11-13(4)18-14(16)5/h11,15H,7-10H2,1-6H3,(H,19,21)/t15-/m0/s1. The van der Waals surface area contributed by atoms with E-state index in [-0.39, 0.29) is 11.9 Å². The van der Waals surface area contributed by atoms with Crippen LogP contribution in [0.15, 0.2) is 6.07 Å². The summed E-state index contributed by atoms with van der Waals surface area (Å²) in [5.74, 6) is 0.0498. The monoisotopic (exact) mass is 291 g/mol. The number of pyridine rings is 1. The summed E-state index contributed by atoms with van der Waals surface area (Å²) in [7, 11) is 0. The van der Waals surface area contributed by atoms with Crippen LogP contribution < -0.4 is 5.32 Å². The Morgan fingerprint density at radius 3 is 2.29 bits per heavy atom. The molecule has 0 unspecified atom stereocenters. The van der Waals surface area contributed by atoms with E-state index in [1.807, 2.05) is 33.8 Å². The molecule has 0 aromatic carbocycles. The van der Waals surface area contributed by atoms with Gasteiger partial charge in [0.25, 0.3) is 0 Å². The van der Waals surface area contributed by atoms with Gasteiger partial charge >= 0.3 is 0 Å². The van der Waals surface area contributed by atoms with Crippen LogP contribution in [-0.2, 0) is 4.79 Å². The first-order valence-electron chi connectivity index (χ1n) is 7.90. The highest BCUT2D eigenvalue weighted by Crippen LogP contribution is 2.20. The molecule has 0 saturated heterocycles. The maximum atomic E-state index is 12.5. The number of carbonyl (C=O) groups excluding carboxylic acids is 1. The molecule has 1 rings (SSSR count). The third-order valence-electron chi connectivity index (χ3n) is 3.72. The van der Waals surface area contributed by atoms with Crippen molar-refractivity contribution in [1.82, 2.24) is 9.88 Å². The first-order chi connectivity index (χ1) is 9.90. The molecule has 0 saturated carbocycles. The lowest BCUT2D eigenvalue weighted by atomic mass is 10.1. The van der Waals surface area contributed by atoms with Gasteiger partial charge in [0.15, 0.2) is 0 Å². The summed E-state index contributed by atoms with van der Waals surface area (Å²) in [6, 6.07) is 1.88.